The fourth-order valence-corrected chi connectivity index (χ4v) is 9.55. The fraction of sp³-hybridized carbons (Fsp3) is 0. The Morgan fingerprint density at radius 3 is 1.98 bits per heavy atom. The molecule has 0 bridgehead atoms. The lowest BCUT2D eigenvalue weighted by Gasteiger charge is -2.12. The van der Waals surface area contributed by atoms with Crippen molar-refractivity contribution in [1.82, 2.24) is 4.57 Å². The summed E-state index contributed by atoms with van der Waals surface area (Å²) in [4.78, 5) is 0. The second-order valence-corrected chi connectivity index (χ2v) is 13.8. The molecule has 0 atom stereocenters. The van der Waals surface area contributed by atoms with Crippen molar-refractivity contribution in [2.75, 3.05) is 0 Å². The molecule has 3 heteroatoms. The highest BCUT2D eigenvalue weighted by Crippen LogP contribution is 2.45. The van der Waals surface area contributed by atoms with Gasteiger partial charge in [0.25, 0.3) is 0 Å². The summed E-state index contributed by atoms with van der Waals surface area (Å²) in [6.07, 6.45) is 0. The molecule has 0 N–H and O–H groups in total. The van der Waals surface area contributed by atoms with Gasteiger partial charge in [-0.3, -0.25) is 0 Å². The van der Waals surface area contributed by atoms with Crippen molar-refractivity contribution in [2.45, 2.75) is 0 Å². The molecule has 210 valence electrons. The van der Waals surface area contributed by atoms with E-state index in [0.29, 0.717) is 0 Å². The number of aromatic nitrogens is 1. The molecule has 0 amide bonds. The summed E-state index contributed by atoms with van der Waals surface area (Å²) in [5.74, 6) is 0. The molecule has 0 saturated heterocycles. The van der Waals surface area contributed by atoms with Crippen LogP contribution >= 0.6 is 22.7 Å². The van der Waals surface area contributed by atoms with Crippen molar-refractivity contribution >= 4 is 84.8 Å². The zero-order valence-corrected chi connectivity index (χ0v) is 25.8. The van der Waals surface area contributed by atoms with E-state index in [4.69, 9.17) is 0 Å². The van der Waals surface area contributed by atoms with E-state index in [1.807, 2.05) is 22.7 Å². The van der Waals surface area contributed by atoms with E-state index < -0.39 is 0 Å². The largest absolute Gasteiger partial charge is 0.308 e. The number of benzene rings is 7. The van der Waals surface area contributed by atoms with Gasteiger partial charge >= 0.3 is 0 Å². The predicted octanol–water partition coefficient (Wildman–Crippen LogP) is 12.9. The third-order valence-corrected chi connectivity index (χ3v) is 11.5. The Bertz CT molecular complexity index is 2760. The van der Waals surface area contributed by atoms with E-state index >= 15 is 0 Å². The topological polar surface area (TPSA) is 4.93 Å². The SMILES string of the molecule is c1ccc(-n2c3ccccc3c3sc4ccc(-c5ccccc5-c5ccc6c(c5)sc5ccc7ccccc7c56)cc4c32)cc1. The van der Waals surface area contributed by atoms with Crippen LogP contribution in [0.5, 0.6) is 0 Å². The van der Waals surface area contributed by atoms with E-state index in [-0.39, 0.29) is 0 Å². The minimum absolute atomic E-state index is 1.19. The van der Waals surface area contributed by atoms with Crippen molar-refractivity contribution in [3.8, 4) is 27.9 Å². The van der Waals surface area contributed by atoms with Gasteiger partial charge in [-0.05, 0) is 75.5 Å². The minimum atomic E-state index is 1.19. The summed E-state index contributed by atoms with van der Waals surface area (Å²) in [7, 11) is 0. The first-order chi connectivity index (χ1) is 22.3. The maximum absolute atomic E-state index is 2.44. The van der Waals surface area contributed by atoms with Gasteiger partial charge in [0.05, 0.1) is 15.7 Å². The average Bonchev–Trinajstić information content (AvgIpc) is 3.77. The number of hydrogen-bond acceptors (Lipinski definition) is 2. The Kier molecular flexibility index (Phi) is 5.39. The van der Waals surface area contributed by atoms with Gasteiger partial charge in [0, 0.05) is 41.3 Å². The molecular weight excluding hydrogens is 583 g/mol. The summed E-state index contributed by atoms with van der Waals surface area (Å²) in [6.45, 7) is 0. The van der Waals surface area contributed by atoms with Crippen LogP contribution in [0.1, 0.15) is 0 Å². The summed E-state index contributed by atoms with van der Waals surface area (Å²) in [5, 5.41) is 7.94. The first kappa shape index (κ1) is 25.1. The number of para-hydroxylation sites is 2. The lowest BCUT2D eigenvalue weighted by atomic mass is 9.93. The number of thiophene rings is 2. The van der Waals surface area contributed by atoms with Gasteiger partial charge in [0.2, 0.25) is 0 Å². The molecule has 0 aliphatic heterocycles. The maximum atomic E-state index is 2.44. The molecule has 0 radical (unpaired) electrons. The molecule has 0 unspecified atom stereocenters. The van der Waals surface area contributed by atoms with Crippen molar-refractivity contribution in [3.05, 3.63) is 152 Å². The Morgan fingerprint density at radius 1 is 0.422 bits per heavy atom. The Morgan fingerprint density at radius 2 is 1.11 bits per heavy atom. The molecule has 3 heterocycles. The van der Waals surface area contributed by atoms with Gasteiger partial charge in [0.1, 0.15) is 0 Å². The summed E-state index contributed by atoms with van der Waals surface area (Å²) < 4.78 is 7.78. The first-order valence-corrected chi connectivity index (χ1v) is 16.9. The van der Waals surface area contributed by atoms with Gasteiger partial charge in [0.15, 0.2) is 0 Å². The quantitative estimate of drug-likeness (QED) is 0.188. The van der Waals surface area contributed by atoms with Crippen LogP contribution in [0.3, 0.4) is 0 Å². The Labute approximate surface area is 267 Å². The summed E-state index contributed by atoms with van der Waals surface area (Å²) >= 11 is 3.79. The lowest BCUT2D eigenvalue weighted by molar-refractivity contribution is 1.19. The smallest absolute Gasteiger partial charge is 0.0727 e. The van der Waals surface area contributed by atoms with Gasteiger partial charge in [-0.2, -0.15) is 0 Å². The zero-order valence-electron chi connectivity index (χ0n) is 24.2. The van der Waals surface area contributed by atoms with Crippen LogP contribution in [0.15, 0.2) is 152 Å². The second-order valence-electron chi connectivity index (χ2n) is 11.7. The maximum Gasteiger partial charge on any atom is 0.0727 e. The summed E-state index contributed by atoms with van der Waals surface area (Å²) in [5.41, 5.74) is 8.75. The number of fused-ring (bicyclic) bond motifs is 10. The molecular formula is C42H25NS2. The van der Waals surface area contributed by atoms with Crippen LogP contribution in [-0.4, -0.2) is 4.57 Å². The predicted molar refractivity (Wildman–Crippen MR) is 197 cm³/mol. The summed E-state index contributed by atoms with van der Waals surface area (Å²) in [6, 6.07) is 55.7. The second kappa shape index (κ2) is 9.64. The highest BCUT2D eigenvalue weighted by atomic mass is 32.1. The standard InChI is InChI=1S/C42H25NS2/c1-2-11-29(12-3-1)43-36-17-9-8-16-33(36)42-41(43)35-24-27(20-22-37(35)45-42)30-13-6-7-14-31(30)28-18-21-34-39(25-28)44-38-23-19-26-10-4-5-15-32(26)40(34)38/h1-25H. The molecule has 10 rings (SSSR count). The first-order valence-electron chi connectivity index (χ1n) is 15.3. The molecule has 1 nitrogen and oxygen atoms in total. The number of rotatable bonds is 3. The van der Waals surface area contributed by atoms with Crippen LogP contribution in [0.25, 0.3) is 90.1 Å². The number of nitrogens with zero attached hydrogens (tertiary/aromatic N) is 1. The third kappa shape index (κ3) is 3.72. The lowest BCUT2D eigenvalue weighted by Crippen LogP contribution is -1.93. The van der Waals surface area contributed by atoms with Gasteiger partial charge < -0.3 is 4.57 Å². The molecule has 0 aliphatic carbocycles. The number of hydrogen-bond donors (Lipinski definition) is 0. The molecule has 0 saturated carbocycles. The van der Waals surface area contributed by atoms with Crippen molar-refractivity contribution in [3.63, 3.8) is 0 Å². The average molecular weight is 608 g/mol. The van der Waals surface area contributed by atoms with E-state index in [9.17, 15) is 0 Å². The van der Waals surface area contributed by atoms with Crippen molar-refractivity contribution < 1.29 is 0 Å². The van der Waals surface area contributed by atoms with E-state index in [2.05, 4.69) is 156 Å². The molecule has 0 aliphatic rings. The molecule has 10 aromatic rings. The molecule has 3 aromatic heterocycles. The minimum Gasteiger partial charge on any atom is -0.308 e. The van der Waals surface area contributed by atoms with Crippen molar-refractivity contribution in [2.24, 2.45) is 0 Å². The van der Waals surface area contributed by atoms with Crippen LogP contribution in [0.2, 0.25) is 0 Å². The normalized spacial score (nSPS) is 12.0. The Balaban J connectivity index is 1.18. The van der Waals surface area contributed by atoms with Gasteiger partial charge in [-0.25, -0.2) is 0 Å². The van der Waals surface area contributed by atoms with Gasteiger partial charge in [-0.1, -0.05) is 109 Å². The third-order valence-electron chi connectivity index (χ3n) is 9.20. The van der Waals surface area contributed by atoms with E-state index in [1.54, 1.807) is 0 Å². The van der Waals surface area contributed by atoms with E-state index in [1.165, 1.54) is 90.1 Å². The van der Waals surface area contributed by atoms with Crippen LogP contribution in [-0.2, 0) is 0 Å². The fourth-order valence-electron chi connectivity index (χ4n) is 7.18. The molecule has 45 heavy (non-hydrogen) atoms. The van der Waals surface area contributed by atoms with E-state index in [0.717, 1.165) is 0 Å². The monoisotopic (exact) mass is 607 g/mol. The van der Waals surface area contributed by atoms with Crippen molar-refractivity contribution in [1.29, 1.82) is 0 Å². The highest BCUT2D eigenvalue weighted by Gasteiger charge is 2.19. The van der Waals surface area contributed by atoms with Gasteiger partial charge in [-0.15, -0.1) is 22.7 Å². The molecule has 0 spiro atoms. The molecule has 0 fully saturated rings. The zero-order chi connectivity index (χ0) is 29.5. The highest BCUT2D eigenvalue weighted by molar-refractivity contribution is 7.27. The van der Waals surface area contributed by atoms with Crippen LogP contribution < -0.4 is 0 Å². The Hall–Kier alpha value is -5.22. The van der Waals surface area contributed by atoms with Crippen LogP contribution in [0.4, 0.5) is 0 Å². The molecule has 7 aromatic carbocycles. The van der Waals surface area contributed by atoms with Crippen LogP contribution in [0, 0.1) is 0 Å².